The number of hydrogen-bond donors (Lipinski definition) is 2. The van der Waals surface area contributed by atoms with Gasteiger partial charge in [-0.2, -0.15) is 0 Å². The van der Waals surface area contributed by atoms with Crippen LogP contribution in [0.15, 0.2) is 35.5 Å². The highest BCUT2D eigenvalue weighted by molar-refractivity contribution is 6.31. The maximum absolute atomic E-state index is 12.5. The first-order valence-electron chi connectivity index (χ1n) is 9.40. The SMILES string of the molecule is CCOC(=O)C1=C(CN(C2CC2)C(C)c2ccccc2Cl)NC(=O)NC1C. The fraction of sp³-hybridized carbons (Fsp3) is 0.500. The van der Waals surface area contributed by atoms with Gasteiger partial charge in [0.15, 0.2) is 0 Å². The Morgan fingerprint density at radius 1 is 1.37 bits per heavy atom. The summed E-state index contributed by atoms with van der Waals surface area (Å²) in [5, 5.41) is 6.28. The van der Waals surface area contributed by atoms with Gasteiger partial charge in [-0.15, -0.1) is 0 Å². The predicted molar refractivity (Wildman–Crippen MR) is 104 cm³/mol. The molecule has 2 aliphatic rings. The summed E-state index contributed by atoms with van der Waals surface area (Å²) in [7, 11) is 0. The summed E-state index contributed by atoms with van der Waals surface area (Å²) in [5.74, 6) is -0.395. The Hall–Kier alpha value is -2.05. The molecule has 0 saturated heterocycles. The Morgan fingerprint density at radius 2 is 2.07 bits per heavy atom. The van der Waals surface area contributed by atoms with Gasteiger partial charge in [0.05, 0.1) is 18.2 Å². The van der Waals surface area contributed by atoms with Crippen LogP contribution in [0.3, 0.4) is 0 Å². The van der Waals surface area contributed by atoms with E-state index in [9.17, 15) is 9.59 Å². The van der Waals surface area contributed by atoms with Crippen molar-refractivity contribution in [2.45, 2.75) is 51.7 Å². The minimum absolute atomic E-state index is 0.0595. The Labute approximate surface area is 164 Å². The lowest BCUT2D eigenvalue weighted by Crippen LogP contribution is -2.51. The number of rotatable bonds is 7. The Bertz CT molecular complexity index is 761. The first kappa shape index (κ1) is 19.7. The molecule has 27 heavy (non-hydrogen) atoms. The van der Waals surface area contributed by atoms with Crippen LogP contribution in [0.25, 0.3) is 0 Å². The minimum Gasteiger partial charge on any atom is -0.463 e. The molecule has 7 heteroatoms. The number of hydrogen-bond acceptors (Lipinski definition) is 4. The molecule has 6 nitrogen and oxygen atoms in total. The fourth-order valence-corrected chi connectivity index (χ4v) is 3.86. The summed E-state index contributed by atoms with van der Waals surface area (Å²) in [4.78, 5) is 26.8. The Morgan fingerprint density at radius 3 is 2.70 bits per heavy atom. The van der Waals surface area contributed by atoms with Crippen molar-refractivity contribution in [3.05, 3.63) is 46.1 Å². The third-order valence-electron chi connectivity index (χ3n) is 5.07. The van der Waals surface area contributed by atoms with E-state index >= 15 is 0 Å². The zero-order valence-corrected chi connectivity index (χ0v) is 16.7. The molecular formula is C20H26ClN3O3. The van der Waals surface area contributed by atoms with Crippen molar-refractivity contribution in [1.29, 1.82) is 0 Å². The van der Waals surface area contributed by atoms with Crippen LogP contribution >= 0.6 is 11.6 Å². The van der Waals surface area contributed by atoms with Crippen molar-refractivity contribution in [3.8, 4) is 0 Å². The third-order valence-corrected chi connectivity index (χ3v) is 5.42. The average molecular weight is 392 g/mol. The number of ether oxygens (including phenoxy) is 1. The third kappa shape index (κ3) is 4.45. The molecule has 0 spiro atoms. The van der Waals surface area contributed by atoms with Gasteiger partial charge in [0.2, 0.25) is 0 Å². The molecule has 1 fully saturated rings. The second-order valence-corrected chi connectivity index (χ2v) is 7.44. The first-order chi connectivity index (χ1) is 12.9. The number of carbonyl (C=O) groups is 2. The first-order valence-corrected chi connectivity index (χ1v) is 9.78. The maximum Gasteiger partial charge on any atom is 0.337 e. The van der Waals surface area contributed by atoms with Gasteiger partial charge in [-0.25, -0.2) is 9.59 Å². The van der Waals surface area contributed by atoms with Crippen molar-refractivity contribution in [1.82, 2.24) is 15.5 Å². The van der Waals surface area contributed by atoms with Crippen LogP contribution in [0.2, 0.25) is 5.02 Å². The van der Waals surface area contributed by atoms with Crippen molar-refractivity contribution < 1.29 is 14.3 Å². The van der Waals surface area contributed by atoms with Gasteiger partial charge in [0.25, 0.3) is 0 Å². The molecule has 2 atom stereocenters. The van der Waals surface area contributed by atoms with Crippen LogP contribution in [0.5, 0.6) is 0 Å². The van der Waals surface area contributed by atoms with E-state index in [2.05, 4.69) is 22.5 Å². The van der Waals surface area contributed by atoms with Crippen LogP contribution < -0.4 is 10.6 Å². The second-order valence-electron chi connectivity index (χ2n) is 7.03. The number of nitrogens with one attached hydrogen (secondary N) is 2. The van der Waals surface area contributed by atoms with E-state index in [4.69, 9.17) is 16.3 Å². The smallest absolute Gasteiger partial charge is 0.337 e. The molecule has 146 valence electrons. The molecule has 1 heterocycles. The van der Waals surface area contributed by atoms with Crippen LogP contribution in [0.4, 0.5) is 4.79 Å². The quantitative estimate of drug-likeness (QED) is 0.699. The van der Waals surface area contributed by atoms with E-state index in [0.717, 1.165) is 23.4 Å². The topological polar surface area (TPSA) is 70.7 Å². The summed E-state index contributed by atoms with van der Waals surface area (Å²) < 4.78 is 5.21. The molecular weight excluding hydrogens is 366 g/mol. The average Bonchev–Trinajstić information content (AvgIpc) is 3.44. The summed E-state index contributed by atoms with van der Waals surface area (Å²) in [6, 6.07) is 7.56. The molecule has 3 rings (SSSR count). The minimum atomic E-state index is -0.399. The van der Waals surface area contributed by atoms with E-state index < -0.39 is 12.0 Å². The zero-order chi connectivity index (χ0) is 19.6. The molecule has 1 aromatic rings. The van der Waals surface area contributed by atoms with Gasteiger partial charge in [-0.1, -0.05) is 29.8 Å². The summed E-state index contributed by atoms with van der Waals surface area (Å²) in [5.41, 5.74) is 2.13. The van der Waals surface area contributed by atoms with Gasteiger partial charge in [0, 0.05) is 29.3 Å². The Kier molecular flexibility index (Phi) is 6.07. The van der Waals surface area contributed by atoms with Gasteiger partial charge in [0.1, 0.15) is 0 Å². The molecule has 0 bridgehead atoms. The van der Waals surface area contributed by atoms with E-state index in [0.29, 0.717) is 30.5 Å². The van der Waals surface area contributed by atoms with Crippen LogP contribution in [0.1, 0.15) is 45.2 Å². The second kappa shape index (κ2) is 8.31. The van der Waals surface area contributed by atoms with Crippen molar-refractivity contribution in [2.75, 3.05) is 13.2 Å². The Balaban J connectivity index is 1.91. The molecule has 0 radical (unpaired) electrons. The number of urea groups is 1. The number of halogens is 1. The molecule has 0 aromatic heterocycles. The number of benzene rings is 1. The monoisotopic (exact) mass is 391 g/mol. The van der Waals surface area contributed by atoms with Gasteiger partial charge in [-0.05, 0) is 45.2 Å². The van der Waals surface area contributed by atoms with Gasteiger partial charge >= 0.3 is 12.0 Å². The number of esters is 1. The van der Waals surface area contributed by atoms with Gasteiger partial charge < -0.3 is 15.4 Å². The van der Waals surface area contributed by atoms with E-state index in [1.165, 1.54) is 0 Å². The number of nitrogens with zero attached hydrogens (tertiary/aromatic N) is 1. The van der Waals surface area contributed by atoms with Crippen molar-refractivity contribution in [3.63, 3.8) is 0 Å². The van der Waals surface area contributed by atoms with E-state index in [-0.39, 0.29) is 12.1 Å². The summed E-state index contributed by atoms with van der Waals surface area (Å²) in [6.07, 6.45) is 2.19. The lowest BCUT2D eigenvalue weighted by atomic mass is 10.0. The molecule has 1 aliphatic heterocycles. The van der Waals surface area contributed by atoms with Crippen LogP contribution in [-0.4, -0.2) is 42.1 Å². The summed E-state index contributed by atoms with van der Waals surface area (Å²) in [6.45, 7) is 6.43. The molecule has 2 N–H and O–H groups in total. The molecule has 2 amide bonds. The highest BCUT2D eigenvalue weighted by atomic mass is 35.5. The zero-order valence-electron chi connectivity index (χ0n) is 15.9. The number of carbonyl (C=O) groups excluding carboxylic acids is 2. The van der Waals surface area contributed by atoms with E-state index in [1.807, 2.05) is 24.3 Å². The van der Waals surface area contributed by atoms with E-state index in [1.54, 1.807) is 13.8 Å². The standard InChI is InChI=1S/C20H26ClN3O3/c1-4-27-19(25)18-12(2)22-20(26)23-17(18)11-24(14-9-10-14)13(3)15-7-5-6-8-16(15)21/h5-8,12-14H,4,9-11H2,1-3H3,(H2,22,23,26). The molecule has 1 aliphatic carbocycles. The molecule has 1 aromatic carbocycles. The largest absolute Gasteiger partial charge is 0.463 e. The normalized spacial score (nSPS) is 20.9. The molecule has 1 saturated carbocycles. The fourth-order valence-electron chi connectivity index (χ4n) is 3.57. The molecule has 2 unspecified atom stereocenters. The van der Waals surface area contributed by atoms with Crippen LogP contribution in [-0.2, 0) is 9.53 Å². The highest BCUT2D eigenvalue weighted by Gasteiger charge is 2.37. The van der Waals surface area contributed by atoms with Crippen molar-refractivity contribution in [2.24, 2.45) is 0 Å². The highest BCUT2D eigenvalue weighted by Crippen LogP contribution is 2.37. The predicted octanol–water partition coefficient (Wildman–Crippen LogP) is 3.38. The summed E-state index contributed by atoms with van der Waals surface area (Å²) >= 11 is 6.41. The maximum atomic E-state index is 12.5. The van der Waals surface area contributed by atoms with Crippen molar-refractivity contribution >= 4 is 23.6 Å². The lowest BCUT2D eigenvalue weighted by Gasteiger charge is -2.34. The van der Waals surface area contributed by atoms with Gasteiger partial charge in [-0.3, -0.25) is 4.90 Å². The van der Waals surface area contributed by atoms with Crippen LogP contribution in [0, 0.1) is 0 Å². The number of amides is 2. The lowest BCUT2D eigenvalue weighted by molar-refractivity contribution is -0.139.